The molecule has 0 aromatic rings. The van der Waals surface area contributed by atoms with Crippen LogP contribution in [0.15, 0.2) is 0 Å². The number of amides is 2. The maximum absolute atomic E-state index is 10.7. The summed E-state index contributed by atoms with van der Waals surface area (Å²) >= 11 is 5.16. The van der Waals surface area contributed by atoms with Crippen molar-refractivity contribution in [2.75, 3.05) is 12.6 Å². The summed E-state index contributed by atoms with van der Waals surface area (Å²) in [4.78, 5) is 21.0. The first kappa shape index (κ1) is 13.0. The van der Waals surface area contributed by atoms with Crippen LogP contribution in [0.25, 0.3) is 0 Å². The lowest BCUT2D eigenvalue weighted by Gasteiger charge is -2.03. The summed E-state index contributed by atoms with van der Waals surface area (Å²) in [6.07, 6.45) is 2.28. The molecule has 2 amide bonds. The van der Waals surface area contributed by atoms with Crippen LogP contribution in [0.5, 0.6) is 0 Å². The minimum Gasteiger partial charge on any atom is -0.433 e. The molecule has 0 aliphatic carbocycles. The third-order valence-electron chi connectivity index (χ3n) is 1.55. The minimum absolute atomic E-state index is 0.145. The Bertz CT molecular complexity index is 187. The molecule has 5 nitrogen and oxygen atoms in total. The number of hydrogen-bond donors (Lipinski definition) is 2. The first-order valence-electron chi connectivity index (χ1n) is 4.41. The van der Waals surface area contributed by atoms with Gasteiger partial charge in [0.05, 0.1) is 0 Å². The van der Waals surface area contributed by atoms with Gasteiger partial charge < -0.3 is 15.8 Å². The highest BCUT2D eigenvalue weighted by Gasteiger charge is 1.99. The Kier molecular flexibility index (Phi) is 8.02. The van der Waals surface area contributed by atoms with Crippen molar-refractivity contribution >= 4 is 23.6 Å². The molecule has 0 bridgehead atoms. The lowest BCUT2D eigenvalue weighted by molar-refractivity contribution is -0.118. The van der Waals surface area contributed by atoms with Gasteiger partial charge in [-0.3, -0.25) is 4.79 Å². The number of carbonyl (C=O) groups excluding carboxylic acids is 2. The van der Waals surface area contributed by atoms with Gasteiger partial charge in [0.25, 0.3) is 0 Å². The van der Waals surface area contributed by atoms with Crippen LogP contribution in [0.4, 0.5) is 4.79 Å². The second-order valence-electron chi connectivity index (χ2n) is 2.74. The highest BCUT2D eigenvalue weighted by molar-refractivity contribution is 6.17. The van der Waals surface area contributed by atoms with Crippen LogP contribution in [0, 0.1) is 0 Å². The number of nitrogens with two attached hydrogens (primary N) is 1. The average Bonchev–Trinajstić information content (AvgIpc) is 2.11. The summed E-state index contributed by atoms with van der Waals surface area (Å²) in [6.45, 7) is 0.522. The summed E-state index contributed by atoms with van der Waals surface area (Å²) in [7, 11) is 0. The monoisotopic (exact) mass is 222 g/mol. The van der Waals surface area contributed by atoms with E-state index in [0.29, 0.717) is 13.0 Å². The molecule has 0 heterocycles. The Balaban J connectivity index is 3.13. The van der Waals surface area contributed by atoms with E-state index in [1.54, 1.807) is 0 Å². The van der Waals surface area contributed by atoms with E-state index >= 15 is 0 Å². The van der Waals surface area contributed by atoms with Gasteiger partial charge in [0, 0.05) is 13.0 Å². The zero-order valence-corrected chi connectivity index (χ0v) is 8.68. The molecular weight excluding hydrogens is 208 g/mol. The van der Waals surface area contributed by atoms with Gasteiger partial charge in [-0.05, 0) is 12.8 Å². The fraction of sp³-hybridized carbons (Fsp3) is 0.750. The number of carbonyl (C=O) groups is 2. The molecule has 0 fully saturated rings. The smallest absolute Gasteiger partial charge is 0.408 e. The van der Waals surface area contributed by atoms with Crippen molar-refractivity contribution in [3.63, 3.8) is 0 Å². The normalized spacial score (nSPS) is 9.50. The van der Waals surface area contributed by atoms with E-state index in [-0.39, 0.29) is 12.0 Å². The van der Waals surface area contributed by atoms with Crippen molar-refractivity contribution in [2.45, 2.75) is 25.7 Å². The van der Waals surface area contributed by atoms with Gasteiger partial charge in [-0.2, -0.15) is 0 Å². The SMILES string of the molecule is NC(=O)CCCCCNC(=O)OCCl. The van der Waals surface area contributed by atoms with Crippen molar-refractivity contribution < 1.29 is 14.3 Å². The van der Waals surface area contributed by atoms with Crippen molar-refractivity contribution in [2.24, 2.45) is 5.73 Å². The van der Waals surface area contributed by atoms with Gasteiger partial charge in [-0.25, -0.2) is 4.79 Å². The van der Waals surface area contributed by atoms with E-state index in [0.717, 1.165) is 19.3 Å². The number of halogens is 1. The molecule has 0 aliphatic rings. The summed E-state index contributed by atoms with van der Waals surface area (Å²) in [5.74, 6) is -0.292. The number of primary amides is 1. The third kappa shape index (κ3) is 9.12. The van der Waals surface area contributed by atoms with Gasteiger partial charge in [0.1, 0.15) is 0 Å². The average molecular weight is 223 g/mol. The molecule has 14 heavy (non-hydrogen) atoms. The van der Waals surface area contributed by atoms with E-state index in [1.807, 2.05) is 0 Å². The molecule has 0 saturated carbocycles. The Hall–Kier alpha value is -0.970. The third-order valence-corrected chi connectivity index (χ3v) is 1.66. The van der Waals surface area contributed by atoms with Gasteiger partial charge in [-0.15, -0.1) is 0 Å². The zero-order valence-electron chi connectivity index (χ0n) is 7.92. The van der Waals surface area contributed by atoms with Crippen molar-refractivity contribution in [3.8, 4) is 0 Å². The van der Waals surface area contributed by atoms with E-state index in [4.69, 9.17) is 17.3 Å². The Morgan fingerprint density at radius 1 is 1.29 bits per heavy atom. The Morgan fingerprint density at radius 3 is 2.57 bits per heavy atom. The number of hydrogen-bond acceptors (Lipinski definition) is 3. The van der Waals surface area contributed by atoms with E-state index in [9.17, 15) is 9.59 Å². The predicted molar refractivity (Wildman–Crippen MR) is 52.9 cm³/mol. The molecule has 0 aliphatic heterocycles. The standard InChI is InChI=1S/C8H15ClN2O3/c9-6-14-8(13)11-5-3-1-2-4-7(10)12/h1-6H2,(H2,10,12)(H,11,13). The molecule has 0 unspecified atom stereocenters. The topological polar surface area (TPSA) is 81.4 Å². The van der Waals surface area contributed by atoms with Gasteiger partial charge in [0.2, 0.25) is 5.91 Å². The largest absolute Gasteiger partial charge is 0.433 e. The van der Waals surface area contributed by atoms with Crippen LogP contribution in [0.3, 0.4) is 0 Å². The molecule has 0 saturated heterocycles. The van der Waals surface area contributed by atoms with E-state index < -0.39 is 6.09 Å². The lowest BCUT2D eigenvalue weighted by atomic mass is 10.2. The molecule has 0 atom stereocenters. The van der Waals surface area contributed by atoms with E-state index in [2.05, 4.69) is 10.1 Å². The first-order chi connectivity index (χ1) is 6.66. The van der Waals surface area contributed by atoms with Gasteiger partial charge >= 0.3 is 6.09 Å². The highest BCUT2D eigenvalue weighted by atomic mass is 35.5. The van der Waals surface area contributed by atoms with Crippen molar-refractivity contribution in [1.82, 2.24) is 5.32 Å². The number of alkyl halides is 1. The predicted octanol–water partition coefficient (Wildman–Crippen LogP) is 0.955. The second-order valence-corrected chi connectivity index (χ2v) is 2.96. The number of ether oxygens (including phenoxy) is 1. The highest BCUT2D eigenvalue weighted by Crippen LogP contribution is 1.97. The van der Waals surface area contributed by atoms with Gasteiger partial charge in [-0.1, -0.05) is 18.0 Å². The molecular formula is C8H15ClN2O3. The summed E-state index contributed by atoms with van der Waals surface area (Å²) in [5.41, 5.74) is 4.95. The van der Waals surface area contributed by atoms with Crippen LogP contribution in [0.1, 0.15) is 25.7 Å². The number of alkyl carbamates (subject to hydrolysis) is 1. The molecule has 6 heteroatoms. The molecule has 0 aromatic heterocycles. The summed E-state index contributed by atoms with van der Waals surface area (Å²) in [6, 6.07) is -0.145. The quantitative estimate of drug-likeness (QED) is 0.497. The van der Waals surface area contributed by atoms with Crippen LogP contribution in [-0.2, 0) is 9.53 Å². The van der Waals surface area contributed by atoms with Crippen LogP contribution < -0.4 is 11.1 Å². The maximum atomic E-state index is 10.7. The minimum atomic E-state index is -0.519. The van der Waals surface area contributed by atoms with Crippen molar-refractivity contribution in [3.05, 3.63) is 0 Å². The summed E-state index contributed by atoms with van der Waals surface area (Å²) < 4.78 is 4.43. The number of rotatable bonds is 7. The molecule has 0 radical (unpaired) electrons. The maximum Gasteiger partial charge on any atom is 0.408 e. The zero-order chi connectivity index (χ0) is 10.8. The summed E-state index contributed by atoms with van der Waals surface area (Å²) in [5, 5.41) is 2.51. The van der Waals surface area contributed by atoms with Crippen LogP contribution in [-0.4, -0.2) is 24.6 Å². The van der Waals surface area contributed by atoms with Crippen LogP contribution in [0.2, 0.25) is 0 Å². The molecule has 82 valence electrons. The Morgan fingerprint density at radius 2 is 2.00 bits per heavy atom. The number of nitrogens with one attached hydrogen (secondary N) is 1. The first-order valence-corrected chi connectivity index (χ1v) is 4.95. The number of unbranched alkanes of at least 4 members (excludes halogenated alkanes) is 2. The Labute approximate surface area is 87.9 Å². The second kappa shape index (κ2) is 8.62. The fourth-order valence-corrected chi connectivity index (χ4v) is 0.991. The van der Waals surface area contributed by atoms with Crippen molar-refractivity contribution in [1.29, 1.82) is 0 Å². The van der Waals surface area contributed by atoms with Gasteiger partial charge in [0.15, 0.2) is 6.07 Å². The van der Waals surface area contributed by atoms with Crippen LogP contribution >= 0.6 is 11.6 Å². The molecule has 0 spiro atoms. The van der Waals surface area contributed by atoms with E-state index in [1.165, 1.54) is 0 Å². The molecule has 3 N–H and O–H groups in total. The molecule has 0 aromatic carbocycles. The lowest BCUT2D eigenvalue weighted by Crippen LogP contribution is -2.24. The molecule has 0 rings (SSSR count). The fourth-order valence-electron chi connectivity index (χ4n) is 0.892.